The summed E-state index contributed by atoms with van der Waals surface area (Å²) < 4.78 is 5.49. The van der Waals surface area contributed by atoms with Crippen LogP contribution < -0.4 is 16.0 Å². The first-order chi connectivity index (χ1) is 11.2. The van der Waals surface area contributed by atoms with Gasteiger partial charge in [0.25, 0.3) is 0 Å². The minimum atomic E-state index is -0.260. The first-order valence-corrected chi connectivity index (χ1v) is 8.16. The maximum absolute atomic E-state index is 11.8. The van der Waals surface area contributed by atoms with E-state index >= 15 is 0 Å². The molecular formula is C17H27ClN4O2. The lowest BCUT2D eigenvalue weighted by molar-refractivity contribution is -0.121. The van der Waals surface area contributed by atoms with Crippen molar-refractivity contribution in [3.8, 4) is 0 Å². The SMILES string of the molecule is CN=C(NCC(=O)NC(C)(C)C)NCC(OC)c1cccc(Cl)c1. The second-order valence-electron chi connectivity index (χ2n) is 6.38. The van der Waals surface area contributed by atoms with Crippen molar-refractivity contribution in [2.45, 2.75) is 32.4 Å². The average Bonchev–Trinajstić information content (AvgIpc) is 2.49. The highest BCUT2D eigenvalue weighted by atomic mass is 35.5. The van der Waals surface area contributed by atoms with Crippen LogP contribution in [0.15, 0.2) is 29.3 Å². The molecule has 1 unspecified atom stereocenters. The number of ether oxygens (including phenoxy) is 1. The van der Waals surface area contributed by atoms with E-state index in [4.69, 9.17) is 16.3 Å². The molecule has 0 aliphatic heterocycles. The molecule has 0 aliphatic rings. The fourth-order valence-corrected chi connectivity index (χ4v) is 2.28. The summed E-state index contributed by atoms with van der Waals surface area (Å²) in [4.78, 5) is 15.9. The zero-order valence-corrected chi connectivity index (χ0v) is 15.7. The van der Waals surface area contributed by atoms with E-state index < -0.39 is 0 Å². The van der Waals surface area contributed by atoms with E-state index in [-0.39, 0.29) is 24.1 Å². The van der Waals surface area contributed by atoms with Crippen LogP contribution in [0.5, 0.6) is 0 Å². The van der Waals surface area contributed by atoms with Crippen LogP contribution in [-0.4, -0.2) is 44.7 Å². The van der Waals surface area contributed by atoms with Gasteiger partial charge in [-0.25, -0.2) is 0 Å². The zero-order valence-electron chi connectivity index (χ0n) is 14.9. The van der Waals surface area contributed by atoms with Crippen molar-refractivity contribution in [2.24, 2.45) is 4.99 Å². The normalized spacial score (nSPS) is 13.3. The number of halogens is 1. The molecule has 3 N–H and O–H groups in total. The van der Waals surface area contributed by atoms with Crippen LogP contribution in [0.4, 0.5) is 0 Å². The van der Waals surface area contributed by atoms with Crippen LogP contribution >= 0.6 is 11.6 Å². The number of methoxy groups -OCH3 is 1. The molecule has 1 atom stereocenters. The molecule has 0 aliphatic carbocycles. The Kier molecular flexibility index (Phi) is 8.01. The molecule has 0 aromatic heterocycles. The van der Waals surface area contributed by atoms with Crippen molar-refractivity contribution in [3.05, 3.63) is 34.9 Å². The van der Waals surface area contributed by atoms with E-state index in [2.05, 4.69) is 20.9 Å². The summed E-state index contributed by atoms with van der Waals surface area (Å²) in [5.74, 6) is 0.437. The number of rotatable bonds is 6. The third-order valence-electron chi connectivity index (χ3n) is 3.11. The molecule has 24 heavy (non-hydrogen) atoms. The van der Waals surface area contributed by atoms with E-state index in [0.717, 1.165) is 5.56 Å². The van der Waals surface area contributed by atoms with Crippen molar-refractivity contribution in [1.29, 1.82) is 0 Å². The van der Waals surface area contributed by atoms with Gasteiger partial charge in [-0.05, 0) is 38.5 Å². The van der Waals surface area contributed by atoms with Gasteiger partial charge in [-0.1, -0.05) is 23.7 Å². The van der Waals surface area contributed by atoms with E-state index in [9.17, 15) is 4.79 Å². The van der Waals surface area contributed by atoms with E-state index in [0.29, 0.717) is 17.5 Å². The zero-order chi connectivity index (χ0) is 18.2. The minimum Gasteiger partial charge on any atom is -0.375 e. The van der Waals surface area contributed by atoms with Gasteiger partial charge in [0.15, 0.2) is 5.96 Å². The van der Waals surface area contributed by atoms with Crippen LogP contribution in [0.2, 0.25) is 5.02 Å². The van der Waals surface area contributed by atoms with E-state index in [1.165, 1.54) is 0 Å². The third-order valence-corrected chi connectivity index (χ3v) is 3.35. The van der Waals surface area contributed by atoms with Crippen molar-refractivity contribution in [2.75, 3.05) is 27.2 Å². The maximum atomic E-state index is 11.8. The monoisotopic (exact) mass is 354 g/mol. The number of carbonyl (C=O) groups is 1. The number of guanidine groups is 1. The summed E-state index contributed by atoms with van der Waals surface area (Å²) in [6, 6.07) is 7.52. The fourth-order valence-electron chi connectivity index (χ4n) is 2.08. The minimum absolute atomic E-state index is 0.0939. The van der Waals surface area contributed by atoms with Crippen LogP contribution in [0.25, 0.3) is 0 Å². The lowest BCUT2D eigenvalue weighted by Gasteiger charge is -2.22. The predicted molar refractivity (Wildman–Crippen MR) is 98.5 cm³/mol. The summed E-state index contributed by atoms with van der Waals surface area (Å²) in [5.41, 5.74) is 0.710. The Balaban J connectivity index is 2.52. The van der Waals surface area contributed by atoms with Crippen molar-refractivity contribution >= 4 is 23.5 Å². The second-order valence-corrected chi connectivity index (χ2v) is 6.82. The number of nitrogens with one attached hydrogen (secondary N) is 3. The van der Waals surface area contributed by atoms with Crippen LogP contribution in [-0.2, 0) is 9.53 Å². The van der Waals surface area contributed by atoms with Crippen molar-refractivity contribution in [3.63, 3.8) is 0 Å². The molecule has 0 saturated carbocycles. The van der Waals surface area contributed by atoms with Gasteiger partial charge in [0.05, 0.1) is 12.6 Å². The van der Waals surface area contributed by atoms with Gasteiger partial charge in [-0.15, -0.1) is 0 Å². The van der Waals surface area contributed by atoms with E-state index in [1.807, 2.05) is 45.0 Å². The van der Waals surface area contributed by atoms with Gasteiger partial charge >= 0.3 is 0 Å². The molecule has 1 aromatic rings. The molecular weight excluding hydrogens is 328 g/mol. The maximum Gasteiger partial charge on any atom is 0.239 e. The number of amides is 1. The smallest absolute Gasteiger partial charge is 0.239 e. The highest BCUT2D eigenvalue weighted by Crippen LogP contribution is 2.19. The summed E-state index contributed by atoms with van der Waals surface area (Å²) in [5, 5.41) is 9.67. The number of hydrogen-bond acceptors (Lipinski definition) is 3. The predicted octanol–water partition coefficient (Wildman–Crippen LogP) is 2.11. The Morgan fingerprint density at radius 3 is 2.58 bits per heavy atom. The lowest BCUT2D eigenvalue weighted by atomic mass is 10.1. The number of aliphatic imine (C=N–C) groups is 1. The quantitative estimate of drug-likeness (QED) is 0.540. The lowest BCUT2D eigenvalue weighted by Crippen LogP contribution is -2.48. The van der Waals surface area contributed by atoms with Gasteiger partial charge in [-0.2, -0.15) is 0 Å². The third kappa shape index (κ3) is 7.66. The molecule has 7 heteroatoms. The molecule has 0 radical (unpaired) electrons. The molecule has 0 heterocycles. The Morgan fingerprint density at radius 2 is 2.04 bits per heavy atom. The number of carbonyl (C=O) groups excluding carboxylic acids is 1. The standard InChI is InChI=1S/C17H27ClN4O2/c1-17(2,3)22-15(23)11-21-16(19-4)20-10-14(24-5)12-7-6-8-13(18)9-12/h6-9,14H,10-11H2,1-5H3,(H,22,23)(H2,19,20,21). The van der Waals surface area contributed by atoms with Crippen LogP contribution in [0.3, 0.4) is 0 Å². The van der Waals surface area contributed by atoms with Gasteiger partial charge in [0.1, 0.15) is 0 Å². The van der Waals surface area contributed by atoms with Gasteiger partial charge < -0.3 is 20.7 Å². The van der Waals surface area contributed by atoms with Crippen molar-refractivity contribution < 1.29 is 9.53 Å². The largest absolute Gasteiger partial charge is 0.375 e. The molecule has 1 aromatic carbocycles. The number of hydrogen-bond donors (Lipinski definition) is 3. The van der Waals surface area contributed by atoms with Gasteiger partial charge in [-0.3, -0.25) is 9.79 Å². The molecule has 134 valence electrons. The highest BCUT2D eigenvalue weighted by Gasteiger charge is 2.15. The first kappa shape index (κ1) is 20.3. The van der Waals surface area contributed by atoms with Crippen LogP contribution in [0, 0.1) is 0 Å². The summed E-state index contributed by atoms with van der Waals surface area (Å²) in [7, 11) is 3.29. The topological polar surface area (TPSA) is 74.8 Å². The molecule has 6 nitrogen and oxygen atoms in total. The van der Waals surface area contributed by atoms with E-state index in [1.54, 1.807) is 14.2 Å². The Labute approximate surface area is 149 Å². The molecule has 0 saturated heterocycles. The molecule has 1 rings (SSSR count). The second kappa shape index (κ2) is 9.49. The van der Waals surface area contributed by atoms with Gasteiger partial charge in [0, 0.05) is 31.3 Å². The Bertz CT molecular complexity index is 570. The van der Waals surface area contributed by atoms with Gasteiger partial charge in [0.2, 0.25) is 5.91 Å². The summed E-state index contributed by atoms with van der Waals surface area (Å²) in [6.07, 6.45) is -0.175. The molecule has 1 amide bonds. The average molecular weight is 355 g/mol. The fraction of sp³-hybridized carbons (Fsp3) is 0.529. The molecule has 0 spiro atoms. The Hall–Kier alpha value is -1.79. The summed E-state index contributed by atoms with van der Waals surface area (Å²) in [6.45, 7) is 6.45. The van der Waals surface area contributed by atoms with Crippen LogP contribution in [0.1, 0.15) is 32.4 Å². The first-order valence-electron chi connectivity index (χ1n) is 7.79. The Morgan fingerprint density at radius 1 is 1.33 bits per heavy atom. The van der Waals surface area contributed by atoms with Crippen molar-refractivity contribution in [1.82, 2.24) is 16.0 Å². The molecule has 0 fully saturated rings. The highest BCUT2D eigenvalue weighted by molar-refractivity contribution is 6.30. The number of benzene rings is 1. The summed E-state index contributed by atoms with van der Waals surface area (Å²) >= 11 is 6.02. The molecule has 0 bridgehead atoms. The number of nitrogens with zero attached hydrogens (tertiary/aromatic N) is 1.